The Morgan fingerprint density at radius 1 is 1.09 bits per heavy atom. The van der Waals surface area contributed by atoms with Crippen LogP contribution < -0.4 is 15.6 Å². The number of aliphatic hydroxyl groups excluding tert-OH is 1. The zero-order valence-electron chi connectivity index (χ0n) is 17.7. The first kappa shape index (κ1) is 22.8. The molecule has 1 saturated heterocycles. The molecule has 3 N–H and O–H groups in total. The molecule has 174 valence electrons. The van der Waals surface area contributed by atoms with Gasteiger partial charge in [0.1, 0.15) is 5.56 Å². The highest BCUT2D eigenvalue weighted by molar-refractivity contribution is 6.06. The SMILES string of the molecule is O=C(Nc1ccc(N2CCN(CCO)CC2)cc1C(F)(F)F)c1c[nH]c2ccccc2c1=O. The van der Waals surface area contributed by atoms with Crippen LogP contribution in [0, 0.1) is 0 Å². The number of fused-ring (bicyclic) bond motifs is 1. The normalized spacial score (nSPS) is 15.1. The number of aliphatic hydroxyl groups is 1. The van der Waals surface area contributed by atoms with E-state index in [1.807, 2.05) is 9.80 Å². The second-order valence-electron chi connectivity index (χ2n) is 7.81. The van der Waals surface area contributed by atoms with Gasteiger partial charge < -0.3 is 20.3 Å². The molecule has 2 aromatic carbocycles. The van der Waals surface area contributed by atoms with E-state index in [0.717, 1.165) is 6.07 Å². The first-order valence-electron chi connectivity index (χ1n) is 10.5. The number of para-hydroxylation sites is 1. The van der Waals surface area contributed by atoms with Crippen LogP contribution in [0.4, 0.5) is 24.5 Å². The van der Waals surface area contributed by atoms with Crippen LogP contribution in [0.25, 0.3) is 10.9 Å². The quantitative estimate of drug-likeness (QED) is 0.545. The lowest BCUT2D eigenvalue weighted by atomic mass is 10.1. The molecule has 0 radical (unpaired) electrons. The van der Waals surface area contributed by atoms with Crippen molar-refractivity contribution >= 4 is 28.2 Å². The van der Waals surface area contributed by atoms with E-state index in [2.05, 4.69) is 10.3 Å². The second kappa shape index (κ2) is 9.24. The number of carbonyl (C=O) groups excluding carboxylic acids is 1. The largest absolute Gasteiger partial charge is 0.418 e. The number of nitrogens with zero attached hydrogens (tertiary/aromatic N) is 2. The first-order chi connectivity index (χ1) is 15.8. The molecule has 0 atom stereocenters. The minimum absolute atomic E-state index is 0.0344. The van der Waals surface area contributed by atoms with Crippen molar-refractivity contribution in [3.05, 3.63) is 70.0 Å². The molecule has 1 aromatic heterocycles. The summed E-state index contributed by atoms with van der Waals surface area (Å²) in [5.41, 5.74) is -1.31. The van der Waals surface area contributed by atoms with E-state index in [0.29, 0.717) is 43.9 Å². The van der Waals surface area contributed by atoms with Crippen LogP contribution in [0.15, 0.2) is 53.5 Å². The van der Waals surface area contributed by atoms with Crippen molar-refractivity contribution in [1.29, 1.82) is 0 Å². The predicted octanol–water partition coefficient (Wildman–Crippen LogP) is 2.91. The number of hydrogen-bond acceptors (Lipinski definition) is 5. The number of piperazine rings is 1. The summed E-state index contributed by atoms with van der Waals surface area (Å²) in [4.78, 5) is 32.1. The maximum atomic E-state index is 13.8. The van der Waals surface area contributed by atoms with Crippen LogP contribution >= 0.6 is 0 Å². The monoisotopic (exact) mass is 460 g/mol. The Morgan fingerprint density at radius 2 is 1.82 bits per heavy atom. The van der Waals surface area contributed by atoms with Crippen molar-refractivity contribution in [3.8, 4) is 0 Å². The van der Waals surface area contributed by atoms with E-state index in [4.69, 9.17) is 5.11 Å². The van der Waals surface area contributed by atoms with Gasteiger partial charge in [0, 0.05) is 55.5 Å². The molecule has 0 spiro atoms. The summed E-state index contributed by atoms with van der Waals surface area (Å²) in [5.74, 6) is -0.919. The summed E-state index contributed by atoms with van der Waals surface area (Å²) in [5, 5.41) is 11.6. The summed E-state index contributed by atoms with van der Waals surface area (Å²) in [6, 6.07) is 10.3. The van der Waals surface area contributed by atoms with E-state index in [9.17, 15) is 22.8 Å². The van der Waals surface area contributed by atoms with Crippen LogP contribution in [0.1, 0.15) is 15.9 Å². The lowest BCUT2D eigenvalue weighted by Crippen LogP contribution is -2.47. The molecule has 7 nitrogen and oxygen atoms in total. The van der Waals surface area contributed by atoms with Crippen molar-refractivity contribution in [3.63, 3.8) is 0 Å². The minimum atomic E-state index is -4.70. The number of benzene rings is 2. The van der Waals surface area contributed by atoms with Crippen molar-refractivity contribution in [2.45, 2.75) is 6.18 Å². The molecule has 1 fully saturated rings. The van der Waals surface area contributed by atoms with Crippen LogP contribution in [-0.4, -0.2) is 60.2 Å². The number of rotatable bonds is 5. The molecule has 1 aliphatic heterocycles. The Hall–Kier alpha value is -3.37. The summed E-state index contributed by atoms with van der Waals surface area (Å²) in [7, 11) is 0. The highest BCUT2D eigenvalue weighted by atomic mass is 19.4. The number of aromatic amines is 1. The highest BCUT2D eigenvalue weighted by Gasteiger charge is 2.35. The fourth-order valence-corrected chi connectivity index (χ4v) is 3.97. The number of pyridine rings is 1. The van der Waals surface area contributed by atoms with Gasteiger partial charge in [0.25, 0.3) is 5.91 Å². The second-order valence-corrected chi connectivity index (χ2v) is 7.81. The van der Waals surface area contributed by atoms with Gasteiger partial charge in [-0.05, 0) is 30.3 Å². The van der Waals surface area contributed by atoms with Crippen molar-refractivity contribution in [2.75, 3.05) is 49.5 Å². The standard InChI is InChI=1S/C23H23F3N4O3/c24-23(25,26)18-13-15(30-9-7-29(8-10-30)11-12-31)5-6-20(18)28-22(33)17-14-27-19-4-2-1-3-16(19)21(17)32/h1-6,13-14,31H,7-12H2,(H,27,32)(H,28,33). The predicted molar refractivity (Wildman–Crippen MR) is 120 cm³/mol. The molecule has 0 aliphatic carbocycles. The number of β-amino-alcohol motifs (C(OH)–C–C–N with tert-alkyl or cyclic N) is 1. The Labute approximate surface area is 187 Å². The molecule has 3 aromatic rings. The van der Waals surface area contributed by atoms with Gasteiger partial charge in [0.15, 0.2) is 0 Å². The topological polar surface area (TPSA) is 88.7 Å². The Morgan fingerprint density at radius 3 is 2.52 bits per heavy atom. The average molecular weight is 460 g/mol. The van der Waals surface area contributed by atoms with E-state index in [1.165, 1.54) is 18.3 Å². The number of aromatic nitrogens is 1. The number of hydrogen-bond donors (Lipinski definition) is 3. The Bertz CT molecular complexity index is 1220. The number of amides is 1. The van der Waals surface area contributed by atoms with Gasteiger partial charge in [-0.3, -0.25) is 14.5 Å². The van der Waals surface area contributed by atoms with Gasteiger partial charge in [-0.1, -0.05) is 12.1 Å². The van der Waals surface area contributed by atoms with Crippen LogP contribution in [0.2, 0.25) is 0 Å². The van der Waals surface area contributed by atoms with Crippen molar-refractivity contribution in [1.82, 2.24) is 9.88 Å². The number of H-pyrrole nitrogens is 1. The molecule has 33 heavy (non-hydrogen) atoms. The molecule has 4 rings (SSSR count). The number of alkyl halides is 3. The van der Waals surface area contributed by atoms with Crippen LogP contribution in [0.5, 0.6) is 0 Å². The van der Waals surface area contributed by atoms with E-state index in [-0.39, 0.29) is 17.6 Å². The summed E-state index contributed by atoms with van der Waals surface area (Å²) in [6.45, 7) is 2.87. The van der Waals surface area contributed by atoms with Gasteiger partial charge in [-0.15, -0.1) is 0 Å². The highest BCUT2D eigenvalue weighted by Crippen LogP contribution is 2.37. The Kier molecular flexibility index (Phi) is 6.39. The van der Waals surface area contributed by atoms with Crippen LogP contribution in [-0.2, 0) is 6.18 Å². The zero-order valence-corrected chi connectivity index (χ0v) is 17.7. The summed E-state index contributed by atoms with van der Waals surface area (Å²) >= 11 is 0. The number of anilines is 2. The molecule has 2 heterocycles. The fraction of sp³-hybridized carbons (Fsp3) is 0.304. The van der Waals surface area contributed by atoms with Crippen molar-refractivity contribution < 1.29 is 23.1 Å². The molecular weight excluding hydrogens is 437 g/mol. The Balaban J connectivity index is 1.60. The average Bonchev–Trinajstić information content (AvgIpc) is 2.80. The zero-order chi connectivity index (χ0) is 23.6. The summed E-state index contributed by atoms with van der Waals surface area (Å²) < 4.78 is 41.5. The molecular formula is C23H23F3N4O3. The molecule has 10 heteroatoms. The smallest absolute Gasteiger partial charge is 0.395 e. The first-order valence-corrected chi connectivity index (χ1v) is 10.5. The lowest BCUT2D eigenvalue weighted by Gasteiger charge is -2.36. The minimum Gasteiger partial charge on any atom is -0.395 e. The van der Waals surface area contributed by atoms with Gasteiger partial charge in [-0.25, -0.2) is 0 Å². The maximum absolute atomic E-state index is 13.8. The van der Waals surface area contributed by atoms with E-state index < -0.39 is 28.8 Å². The molecule has 1 amide bonds. The summed E-state index contributed by atoms with van der Waals surface area (Å²) in [6.07, 6.45) is -3.50. The third kappa shape index (κ3) is 4.86. The lowest BCUT2D eigenvalue weighted by molar-refractivity contribution is -0.136. The van der Waals surface area contributed by atoms with Gasteiger partial charge in [0.05, 0.1) is 17.9 Å². The third-order valence-electron chi connectivity index (χ3n) is 5.74. The van der Waals surface area contributed by atoms with Gasteiger partial charge >= 0.3 is 6.18 Å². The molecule has 1 aliphatic rings. The van der Waals surface area contributed by atoms with Gasteiger partial charge in [-0.2, -0.15) is 13.2 Å². The number of carbonyl (C=O) groups is 1. The molecule has 0 unspecified atom stereocenters. The van der Waals surface area contributed by atoms with Crippen LogP contribution in [0.3, 0.4) is 0 Å². The molecule has 0 bridgehead atoms. The van der Waals surface area contributed by atoms with E-state index >= 15 is 0 Å². The van der Waals surface area contributed by atoms with Crippen molar-refractivity contribution in [2.24, 2.45) is 0 Å². The molecule has 0 saturated carbocycles. The van der Waals surface area contributed by atoms with Gasteiger partial charge in [0.2, 0.25) is 5.43 Å². The van der Waals surface area contributed by atoms with E-state index in [1.54, 1.807) is 24.3 Å². The third-order valence-corrected chi connectivity index (χ3v) is 5.74. The number of halogens is 3. The maximum Gasteiger partial charge on any atom is 0.418 e. The fourth-order valence-electron chi connectivity index (χ4n) is 3.97. The number of nitrogens with one attached hydrogen (secondary N) is 2.